The number of rotatable bonds is 5. The molecule has 3 rings (SSSR count). The minimum Gasteiger partial charge on any atom is -0.494 e. The van der Waals surface area contributed by atoms with Crippen LogP contribution in [-0.2, 0) is 4.74 Å². The van der Waals surface area contributed by atoms with Gasteiger partial charge in [-0.15, -0.1) is 10.2 Å². The summed E-state index contributed by atoms with van der Waals surface area (Å²) in [4.78, 5) is 20.7. The fourth-order valence-electron chi connectivity index (χ4n) is 2.64. The molecule has 0 aliphatic rings. The van der Waals surface area contributed by atoms with Crippen LogP contribution in [0.1, 0.15) is 49.1 Å². The van der Waals surface area contributed by atoms with Crippen molar-refractivity contribution in [1.82, 2.24) is 20.2 Å². The van der Waals surface area contributed by atoms with Crippen LogP contribution in [0.25, 0.3) is 22.7 Å². The first-order valence-electron chi connectivity index (χ1n) is 8.95. The van der Waals surface area contributed by atoms with Crippen molar-refractivity contribution in [3.8, 4) is 28.5 Å². The third kappa shape index (κ3) is 4.58. The lowest BCUT2D eigenvalue weighted by atomic mass is 9.99. The van der Waals surface area contributed by atoms with E-state index in [-0.39, 0.29) is 34.0 Å². The molecule has 0 radical (unpaired) electrons. The van der Waals surface area contributed by atoms with Gasteiger partial charge in [-0.25, -0.2) is 13.6 Å². The number of halogens is 2. The number of pyridine rings is 2. The average Bonchev–Trinajstić information content (AvgIpc) is 3.12. The van der Waals surface area contributed by atoms with Gasteiger partial charge in [0, 0.05) is 24.2 Å². The Bertz CT molecular complexity index is 1080. The molecule has 0 aromatic carbocycles. The number of carbonyl (C=O) groups excluding carboxylic acids is 1. The number of hydrogen-bond acceptors (Lipinski definition) is 8. The molecule has 0 unspecified atom stereocenters. The Morgan fingerprint density at radius 3 is 2.40 bits per heavy atom. The van der Waals surface area contributed by atoms with Crippen LogP contribution in [0.4, 0.5) is 8.78 Å². The fourth-order valence-corrected chi connectivity index (χ4v) is 2.64. The molecule has 3 heterocycles. The Hall–Kier alpha value is -3.43. The molecule has 0 aliphatic carbocycles. The van der Waals surface area contributed by atoms with Gasteiger partial charge in [0.1, 0.15) is 22.7 Å². The number of aryl methyl sites for hydroxylation is 1. The van der Waals surface area contributed by atoms with Gasteiger partial charge in [0.2, 0.25) is 5.89 Å². The number of ether oxygens (including phenoxy) is 2. The molecule has 10 heteroatoms. The van der Waals surface area contributed by atoms with Crippen molar-refractivity contribution < 1.29 is 27.5 Å². The second kappa shape index (κ2) is 8.13. The minimum atomic E-state index is -2.81. The highest BCUT2D eigenvalue weighted by Gasteiger charge is 2.25. The van der Waals surface area contributed by atoms with Gasteiger partial charge in [-0.1, -0.05) is 0 Å². The zero-order chi connectivity index (χ0) is 22.1. The molecule has 0 bridgehead atoms. The first-order valence-corrected chi connectivity index (χ1v) is 8.95. The minimum absolute atomic E-state index is 0.0645. The van der Waals surface area contributed by atoms with Gasteiger partial charge in [-0.2, -0.15) is 0 Å². The standard InChI is InChI=1S/C20H20F2N4O4/c1-10-25-26-18(29-10)15-6-11(13(8-23-15)19(27)30-20(2,3)4)12-7-14(17(21)22)24-9-16(12)28-5/h6-9,17H,1-5H3. The Labute approximate surface area is 171 Å². The first-order chi connectivity index (χ1) is 14.1. The van der Waals surface area contributed by atoms with Crippen molar-refractivity contribution in [1.29, 1.82) is 0 Å². The van der Waals surface area contributed by atoms with E-state index in [4.69, 9.17) is 13.9 Å². The largest absolute Gasteiger partial charge is 0.494 e. The van der Waals surface area contributed by atoms with Gasteiger partial charge in [0.15, 0.2) is 0 Å². The summed E-state index contributed by atoms with van der Waals surface area (Å²) in [6, 6.07) is 2.65. The number of aromatic nitrogens is 4. The zero-order valence-corrected chi connectivity index (χ0v) is 17.1. The van der Waals surface area contributed by atoms with Gasteiger partial charge in [-0.05, 0) is 32.9 Å². The molecule has 0 fully saturated rings. The Kier molecular flexibility index (Phi) is 5.77. The van der Waals surface area contributed by atoms with Crippen LogP contribution in [0.5, 0.6) is 5.75 Å². The molecule has 0 atom stereocenters. The summed E-state index contributed by atoms with van der Waals surface area (Å²) in [6.45, 7) is 6.77. The Morgan fingerprint density at radius 2 is 1.83 bits per heavy atom. The monoisotopic (exact) mass is 418 g/mol. The molecule has 0 aliphatic heterocycles. The highest BCUT2D eigenvalue weighted by molar-refractivity contribution is 5.98. The lowest BCUT2D eigenvalue weighted by Gasteiger charge is -2.21. The molecule has 0 spiro atoms. The van der Waals surface area contributed by atoms with E-state index in [1.54, 1.807) is 27.7 Å². The van der Waals surface area contributed by atoms with E-state index in [1.165, 1.54) is 25.6 Å². The van der Waals surface area contributed by atoms with Gasteiger partial charge in [-0.3, -0.25) is 9.97 Å². The topological polar surface area (TPSA) is 100 Å². The zero-order valence-electron chi connectivity index (χ0n) is 17.1. The molecule has 0 amide bonds. The fraction of sp³-hybridized carbons (Fsp3) is 0.350. The highest BCUT2D eigenvalue weighted by Crippen LogP contribution is 2.36. The van der Waals surface area contributed by atoms with E-state index < -0.39 is 23.7 Å². The van der Waals surface area contributed by atoms with E-state index in [9.17, 15) is 13.6 Å². The van der Waals surface area contributed by atoms with Crippen LogP contribution < -0.4 is 4.74 Å². The third-order valence-corrected chi connectivity index (χ3v) is 3.89. The maximum absolute atomic E-state index is 13.3. The summed E-state index contributed by atoms with van der Waals surface area (Å²) in [5, 5.41) is 7.67. The smallest absolute Gasteiger partial charge is 0.340 e. The lowest BCUT2D eigenvalue weighted by Crippen LogP contribution is -2.24. The van der Waals surface area contributed by atoms with E-state index in [0.717, 1.165) is 6.07 Å². The van der Waals surface area contributed by atoms with Crippen molar-refractivity contribution in [3.05, 3.63) is 41.7 Å². The van der Waals surface area contributed by atoms with Crippen molar-refractivity contribution in [3.63, 3.8) is 0 Å². The molecule has 158 valence electrons. The van der Waals surface area contributed by atoms with Crippen molar-refractivity contribution in [2.24, 2.45) is 0 Å². The summed E-state index contributed by atoms with van der Waals surface area (Å²) in [7, 11) is 1.37. The van der Waals surface area contributed by atoms with Gasteiger partial charge < -0.3 is 13.9 Å². The van der Waals surface area contributed by atoms with Crippen LogP contribution in [0, 0.1) is 6.92 Å². The molecule has 3 aromatic rings. The van der Waals surface area contributed by atoms with Gasteiger partial charge in [0.25, 0.3) is 12.3 Å². The van der Waals surface area contributed by atoms with Gasteiger partial charge in [0.05, 0.1) is 18.9 Å². The highest BCUT2D eigenvalue weighted by atomic mass is 19.3. The molecular formula is C20H20F2N4O4. The van der Waals surface area contributed by atoms with Crippen LogP contribution in [0.2, 0.25) is 0 Å². The second-order valence-corrected chi connectivity index (χ2v) is 7.35. The molecule has 0 saturated heterocycles. The summed E-state index contributed by atoms with van der Waals surface area (Å²) >= 11 is 0. The van der Waals surface area contributed by atoms with Crippen molar-refractivity contribution in [2.75, 3.05) is 7.11 Å². The molecule has 8 nitrogen and oxygen atoms in total. The van der Waals surface area contributed by atoms with Gasteiger partial charge >= 0.3 is 5.97 Å². The number of esters is 1. The quantitative estimate of drug-likeness (QED) is 0.562. The maximum atomic E-state index is 13.3. The number of methoxy groups -OCH3 is 1. The molecular weight excluding hydrogens is 398 g/mol. The number of carbonyl (C=O) groups is 1. The number of nitrogens with zero attached hydrogens (tertiary/aromatic N) is 4. The molecule has 0 saturated carbocycles. The SMILES string of the molecule is COc1cnc(C(F)F)cc1-c1cc(-c2nnc(C)o2)ncc1C(=O)OC(C)(C)C. The normalized spacial score (nSPS) is 11.6. The predicted molar refractivity (Wildman–Crippen MR) is 102 cm³/mol. The summed E-state index contributed by atoms with van der Waals surface area (Å²) in [5.74, 6) is -0.0311. The average molecular weight is 418 g/mol. The summed E-state index contributed by atoms with van der Waals surface area (Å²) < 4.78 is 42.7. The van der Waals surface area contributed by atoms with E-state index in [2.05, 4.69) is 20.2 Å². The van der Waals surface area contributed by atoms with Crippen LogP contribution in [0.15, 0.2) is 28.9 Å². The Balaban J connectivity index is 2.23. The molecule has 0 N–H and O–H groups in total. The van der Waals surface area contributed by atoms with Crippen LogP contribution >= 0.6 is 0 Å². The third-order valence-electron chi connectivity index (χ3n) is 3.89. The van der Waals surface area contributed by atoms with Crippen molar-refractivity contribution in [2.45, 2.75) is 39.7 Å². The van der Waals surface area contributed by atoms with E-state index in [1.807, 2.05) is 0 Å². The van der Waals surface area contributed by atoms with Crippen LogP contribution in [-0.4, -0.2) is 38.8 Å². The van der Waals surface area contributed by atoms with Crippen molar-refractivity contribution >= 4 is 5.97 Å². The van der Waals surface area contributed by atoms with E-state index >= 15 is 0 Å². The Morgan fingerprint density at radius 1 is 1.10 bits per heavy atom. The molecule has 30 heavy (non-hydrogen) atoms. The second-order valence-electron chi connectivity index (χ2n) is 7.35. The first kappa shape index (κ1) is 21.3. The summed E-state index contributed by atoms with van der Waals surface area (Å²) in [5.41, 5.74) is -0.430. The predicted octanol–water partition coefficient (Wildman–Crippen LogP) is 4.40. The number of alkyl halides is 2. The lowest BCUT2D eigenvalue weighted by molar-refractivity contribution is 0.00700. The maximum Gasteiger partial charge on any atom is 0.340 e. The number of hydrogen-bond donors (Lipinski definition) is 0. The van der Waals surface area contributed by atoms with Crippen LogP contribution in [0.3, 0.4) is 0 Å². The molecule has 3 aromatic heterocycles. The summed E-state index contributed by atoms with van der Waals surface area (Å²) in [6.07, 6.45) is -0.355. The van der Waals surface area contributed by atoms with E-state index in [0.29, 0.717) is 5.89 Å².